The van der Waals surface area contributed by atoms with E-state index < -0.39 is 0 Å². The molecule has 43 valence electrons. The smallest absolute Gasteiger partial charge is 0.201 e. The molecule has 1 radical (unpaired) electrons. The summed E-state index contributed by atoms with van der Waals surface area (Å²) in [5.41, 5.74) is 0.769. The van der Waals surface area contributed by atoms with E-state index in [1.807, 2.05) is 0 Å². The summed E-state index contributed by atoms with van der Waals surface area (Å²) in [5.74, 6) is 0. The lowest BCUT2D eigenvalue weighted by Crippen LogP contribution is -1.85. The van der Waals surface area contributed by atoms with Crippen molar-refractivity contribution in [2.45, 2.75) is 0 Å². The molecule has 9 heavy (non-hydrogen) atoms. The van der Waals surface area contributed by atoms with E-state index in [-0.39, 0.29) is 0 Å². The maximum absolute atomic E-state index is 3.84. The average molecular weight is 119 g/mol. The van der Waals surface area contributed by atoms with Crippen LogP contribution < -0.4 is 0 Å². The lowest BCUT2D eigenvalue weighted by atomic mass is 10.8. The molecule has 0 unspecified atom stereocenters. The van der Waals surface area contributed by atoms with Gasteiger partial charge >= 0.3 is 0 Å². The van der Waals surface area contributed by atoms with Crippen LogP contribution in [-0.2, 0) is 0 Å². The zero-order valence-corrected chi connectivity index (χ0v) is 4.52. The van der Waals surface area contributed by atoms with Crippen LogP contribution in [0.4, 0.5) is 0 Å². The monoisotopic (exact) mass is 119 g/mol. The van der Waals surface area contributed by atoms with E-state index in [9.17, 15) is 0 Å². The van der Waals surface area contributed by atoms with Gasteiger partial charge in [-0.15, -0.1) is 0 Å². The topological polar surface area (TPSA) is 43.1 Å². The van der Waals surface area contributed by atoms with E-state index >= 15 is 0 Å². The average Bonchev–Trinajstić information content (AvgIpc) is 2.33. The molecule has 2 aromatic rings. The minimum Gasteiger partial charge on any atom is -0.274 e. The molecule has 0 bridgehead atoms. The molecule has 0 fully saturated rings. The Morgan fingerprint density at radius 3 is 3.33 bits per heavy atom. The molecular weight excluding hydrogens is 116 g/mol. The SMILES string of the molecule is [c]1ncn2cncc2n1. The first kappa shape index (κ1) is 4.43. The van der Waals surface area contributed by atoms with Gasteiger partial charge in [0.15, 0.2) is 5.65 Å². The van der Waals surface area contributed by atoms with Crippen molar-refractivity contribution >= 4 is 5.65 Å². The standard InChI is InChI=1S/C5H3N4/c1-5-8-2-7-4-9(5)3-6-1/h1,3-4H. The number of fused-ring (bicyclic) bond motifs is 1. The van der Waals surface area contributed by atoms with Gasteiger partial charge in [-0.2, -0.15) is 0 Å². The Morgan fingerprint density at radius 2 is 2.44 bits per heavy atom. The Balaban J connectivity index is 2.95. The maximum Gasteiger partial charge on any atom is 0.201 e. The van der Waals surface area contributed by atoms with Gasteiger partial charge in [0.1, 0.15) is 12.7 Å². The summed E-state index contributed by atoms with van der Waals surface area (Å²) in [6.45, 7) is 0. The fourth-order valence-electron chi connectivity index (χ4n) is 0.641. The second-order valence-corrected chi connectivity index (χ2v) is 1.62. The predicted molar refractivity (Wildman–Crippen MR) is 29.6 cm³/mol. The van der Waals surface area contributed by atoms with Crippen molar-refractivity contribution in [2.24, 2.45) is 0 Å². The Hall–Kier alpha value is -1.45. The highest BCUT2D eigenvalue weighted by atomic mass is 15.1. The normalized spacial score (nSPS) is 10.2. The van der Waals surface area contributed by atoms with Crippen molar-refractivity contribution in [3.63, 3.8) is 0 Å². The Kier molecular flexibility index (Phi) is 0.745. The van der Waals surface area contributed by atoms with Crippen molar-refractivity contribution in [1.29, 1.82) is 0 Å². The number of hydrogen-bond donors (Lipinski definition) is 0. The van der Waals surface area contributed by atoms with Crippen molar-refractivity contribution in [3.8, 4) is 0 Å². The molecule has 0 atom stereocenters. The van der Waals surface area contributed by atoms with Crippen LogP contribution in [0.3, 0.4) is 0 Å². The van der Waals surface area contributed by atoms with Gasteiger partial charge in [0, 0.05) is 0 Å². The molecule has 0 spiro atoms. The molecule has 0 saturated heterocycles. The van der Waals surface area contributed by atoms with Crippen LogP contribution in [0.5, 0.6) is 0 Å². The third-order valence-corrected chi connectivity index (χ3v) is 1.05. The highest BCUT2D eigenvalue weighted by Crippen LogP contribution is 1.90. The predicted octanol–water partition coefficient (Wildman–Crippen LogP) is -0.0755. The van der Waals surface area contributed by atoms with Crippen LogP contribution in [0.2, 0.25) is 0 Å². The summed E-state index contributed by atoms with van der Waals surface area (Å²) in [5, 5.41) is 0. The Bertz CT molecular complexity index is 283. The summed E-state index contributed by atoms with van der Waals surface area (Å²) in [6, 6.07) is 0. The highest BCUT2D eigenvalue weighted by Gasteiger charge is 1.88. The van der Waals surface area contributed by atoms with Gasteiger partial charge in [0.05, 0.1) is 6.20 Å². The zero-order valence-electron chi connectivity index (χ0n) is 4.52. The lowest BCUT2D eigenvalue weighted by molar-refractivity contribution is 1.01. The minimum atomic E-state index is 0.769. The van der Waals surface area contributed by atoms with Crippen LogP contribution >= 0.6 is 0 Å². The van der Waals surface area contributed by atoms with Crippen molar-refractivity contribution < 1.29 is 0 Å². The van der Waals surface area contributed by atoms with Crippen molar-refractivity contribution in [1.82, 2.24) is 19.4 Å². The molecule has 2 heterocycles. The highest BCUT2D eigenvalue weighted by molar-refractivity contribution is 5.31. The van der Waals surface area contributed by atoms with E-state index in [0.29, 0.717) is 0 Å². The second-order valence-electron chi connectivity index (χ2n) is 1.62. The fourth-order valence-corrected chi connectivity index (χ4v) is 0.641. The maximum atomic E-state index is 3.84. The van der Waals surface area contributed by atoms with Crippen LogP contribution in [0, 0.1) is 6.33 Å². The Morgan fingerprint density at radius 1 is 1.44 bits per heavy atom. The van der Waals surface area contributed by atoms with Crippen LogP contribution in [0.15, 0.2) is 18.9 Å². The van der Waals surface area contributed by atoms with Gasteiger partial charge in [-0.05, 0) is 0 Å². The number of aromatic nitrogens is 4. The summed E-state index contributed by atoms with van der Waals surface area (Å²) in [7, 11) is 0. The van der Waals surface area contributed by atoms with Gasteiger partial charge in [-0.3, -0.25) is 4.40 Å². The van der Waals surface area contributed by atoms with E-state index in [1.165, 1.54) is 0 Å². The second kappa shape index (κ2) is 1.51. The van der Waals surface area contributed by atoms with Gasteiger partial charge in [0.2, 0.25) is 6.33 Å². The van der Waals surface area contributed by atoms with E-state index in [2.05, 4.69) is 21.3 Å². The Labute approximate surface area is 51.2 Å². The first-order chi connectivity index (χ1) is 4.47. The third-order valence-electron chi connectivity index (χ3n) is 1.05. The van der Waals surface area contributed by atoms with Gasteiger partial charge < -0.3 is 0 Å². The van der Waals surface area contributed by atoms with Crippen LogP contribution in [0.25, 0.3) is 5.65 Å². The molecule has 0 N–H and O–H groups in total. The molecule has 0 aliphatic heterocycles. The van der Waals surface area contributed by atoms with E-state index in [0.717, 1.165) is 5.65 Å². The molecular formula is C5H3N4. The molecule has 2 rings (SSSR count). The first-order valence-electron chi connectivity index (χ1n) is 2.47. The summed E-state index contributed by atoms with van der Waals surface area (Å²) >= 11 is 0. The molecule has 0 saturated carbocycles. The number of rotatable bonds is 0. The molecule has 0 aliphatic rings. The molecule has 0 aliphatic carbocycles. The number of nitrogens with zero attached hydrogens (tertiary/aromatic N) is 4. The van der Waals surface area contributed by atoms with E-state index in [1.54, 1.807) is 23.3 Å². The molecule has 2 aromatic heterocycles. The number of imidazole rings is 1. The lowest BCUT2D eigenvalue weighted by Gasteiger charge is -1.84. The van der Waals surface area contributed by atoms with Crippen LogP contribution in [0.1, 0.15) is 0 Å². The first-order valence-corrected chi connectivity index (χ1v) is 2.47. The summed E-state index contributed by atoms with van der Waals surface area (Å²) < 4.78 is 1.72. The minimum absolute atomic E-state index is 0.769. The summed E-state index contributed by atoms with van der Waals surface area (Å²) in [4.78, 5) is 11.3. The number of hydrogen-bond acceptors (Lipinski definition) is 3. The van der Waals surface area contributed by atoms with Gasteiger partial charge in [-0.1, -0.05) is 0 Å². The van der Waals surface area contributed by atoms with Gasteiger partial charge in [0.25, 0.3) is 0 Å². The van der Waals surface area contributed by atoms with Crippen molar-refractivity contribution in [3.05, 3.63) is 25.2 Å². The fraction of sp³-hybridized carbons (Fsp3) is 0. The van der Waals surface area contributed by atoms with E-state index in [4.69, 9.17) is 0 Å². The quantitative estimate of drug-likeness (QED) is 0.487. The van der Waals surface area contributed by atoms with Gasteiger partial charge in [-0.25, -0.2) is 15.0 Å². The largest absolute Gasteiger partial charge is 0.274 e. The molecule has 0 aromatic carbocycles. The summed E-state index contributed by atoms with van der Waals surface area (Å²) in [6.07, 6.45) is 7.36. The molecule has 0 amide bonds. The van der Waals surface area contributed by atoms with Crippen LogP contribution in [-0.4, -0.2) is 19.4 Å². The molecule has 4 nitrogen and oxygen atoms in total. The van der Waals surface area contributed by atoms with Crippen molar-refractivity contribution in [2.75, 3.05) is 0 Å². The molecule has 4 heteroatoms. The zero-order chi connectivity index (χ0) is 6.10. The third kappa shape index (κ3) is 0.561.